The van der Waals surface area contributed by atoms with Crippen LogP contribution in [0.15, 0.2) is 12.7 Å². The average molecular weight is 834 g/mol. The van der Waals surface area contributed by atoms with E-state index >= 15 is 0 Å². The first-order valence-corrected chi connectivity index (χ1v) is 20.3. The van der Waals surface area contributed by atoms with E-state index < -0.39 is 90.5 Å². The van der Waals surface area contributed by atoms with Gasteiger partial charge >= 0.3 is 23.5 Å². The third-order valence-electron chi connectivity index (χ3n) is 7.86. The molecular weight excluding hydrogens is 791 g/mol. The minimum absolute atomic E-state index is 0.0228. The van der Waals surface area contributed by atoms with Crippen molar-refractivity contribution in [1.82, 2.24) is 30.2 Å². The molecular formula is C26H42N7O18P3. The van der Waals surface area contributed by atoms with E-state index in [0.717, 1.165) is 17.2 Å². The number of nitrogens with two attached hydrogens (primary N) is 1. The van der Waals surface area contributed by atoms with Crippen LogP contribution in [0.1, 0.15) is 46.8 Å². The fourth-order valence-electron chi connectivity index (χ4n) is 4.71. The van der Waals surface area contributed by atoms with Gasteiger partial charge in [-0.3, -0.25) is 37.3 Å². The zero-order valence-electron chi connectivity index (χ0n) is 29.2. The zero-order valence-corrected chi connectivity index (χ0v) is 31.8. The summed E-state index contributed by atoms with van der Waals surface area (Å²) in [5.41, 5.74) is 4.21. The molecule has 0 bridgehead atoms. The largest absolute Gasteiger partial charge is 0.481 e. The maximum Gasteiger partial charge on any atom is 0.481 e. The first kappa shape index (κ1) is 45.3. The Labute approximate surface area is 306 Å². The number of rotatable bonds is 21. The summed E-state index contributed by atoms with van der Waals surface area (Å²) < 4.78 is 61.9. The smallest absolute Gasteiger partial charge is 0.386 e. The van der Waals surface area contributed by atoms with Crippen molar-refractivity contribution in [3.63, 3.8) is 0 Å². The van der Waals surface area contributed by atoms with Crippen molar-refractivity contribution in [3.8, 4) is 0 Å². The van der Waals surface area contributed by atoms with Crippen molar-refractivity contribution in [2.75, 3.05) is 32.0 Å². The van der Waals surface area contributed by atoms with Crippen LogP contribution >= 0.6 is 23.5 Å². The monoisotopic (exact) mass is 833 g/mol. The lowest BCUT2D eigenvalue weighted by atomic mass is 9.87. The van der Waals surface area contributed by atoms with Gasteiger partial charge in [-0.25, -0.2) is 28.6 Å². The molecule has 1 aliphatic rings. The van der Waals surface area contributed by atoms with Gasteiger partial charge in [0.15, 0.2) is 17.7 Å². The number of ether oxygens (including phenoxy) is 1. The summed E-state index contributed by atoms with van der Waals surface area (Å²) in [5, 5.41) is 26.1. The SMILES string of the molecule is CC(=O)C(C)C(=O)CCNC(=O)CCNC(=O)C(O)C(C)(C)COP(=O)(O)OP(=O)(O)OCC1OC(n2cnc3c(N)ncnc32)C(O)C1OP(=O)(O)O. The van der Waals surface area contributed by atoms with Crippen molar-refractivity contribution in [2.24, 2.45) is 11.3 Å². The molecule has 3 heterocycles. The van der Waals surface area contributed by atoms with E-state index in [1.54, 1.807) is 0 Å². The molecule has 8 atom stereocenters. The standard InChI is InChI=1S/C26H42N7O18P3/c1-13(14(2)34)15(35)5-7-28-17(36)6-8-29-24(39)21(38)26(3,4)10-48-54(45,46)51-53(43,44)47-9-16-20(50-52(40,41)42)19(37)25(49-16)33-12-32-18-22(27)30-11-31-23(18)33/h11-13,16,19-21,25,37-38H,5-10H2,1-4H3,(H,28,36)(H,29,39)(H,43,44)(H,45,46)(H2,27,30,31)(H2,40,41,42). The van der Waals surface area contributed by atoms with Gasteiger partial charge in [-0.1, -0.05) is 13.8 Å². The number of hydrogen-bond acceptors (Lipinski definition) is 18. The van der Waals surface area contributed by atoms with Crippen LogP contribution in [0.5, 0.6) is 0 Å². The maximum absolute atomic E-state index is 12.6. The van der Waals surface area contributed by atoms with Crippen molar-refractivity contribution < 1.29 is 85.3 Å². The highest BCUT2D eigenvalue weighted by atomic mass is 31.3. The summed E-state index contributed by atoms with van der Waals surface area (Å²) in [6.45, 7) is 2.83. The Kier molecular flexibility index (Phi) is 15.3. The van der Waals surface area contributed by atoms with Crippen LogP contribution in [0.3, 0.4) is 0 Å². The first-order chi connectivity index (χ1) is 24.8. The number of phosphoric acid groups is 3. The second kappa shape index (κ2) is 18.2. The summed E-state index contributed by atoms with van der Waals surface area (Å²) in [7, 11) is -16.4. The molecule has 2 aromatic heterocycles. The van der Waals surface area contributed by atoms with Gasteiger partial charge in [0, 0.05) is 31.3 Å². The second-order valence-corrected chi connectivity index (χ2v) is 16.9. The van der Waals surface area contributed by atoms with E-state index in [1.807, 2.05) is 0 Å². The number of fused-ring (bicyclic) bond motifs is 1. The van der Waals surface area contributed by atoms with Crippen LogP contribution in [0, 0.1) is 11.3 Å². The van der Waals surface area contributed by atoms with Crippen LogP contribution in [-0.2, 0) is 55.5 Å². The normalized spacial score (nSPS) is 22.6. The number of imidazole rings is 1. The first-order valence-electron chi connectivity index (χ1n) is 15.8. The predicted octanol–water partition coefficient (Wildman–Crippen LogP) is -1.41. The van der Waals surface area contributed by atoms with Crippen LogP contribution in [0.25, 0.3) is 11.2 Å². The number of ketones is 2. The van der Waals surface area contributed by atoms with E-state index in [4.69, 9.17) is 19.5 Å². The van der Waals surface area contributed by atoms with Crippen molar-refractivity contribution in [3.05, 3.63) is 12.7 Å². The topological polar surface area (TPSA) is 381 Å². The number of nitrogen functional groups attached to an aromatic ring is 1. The van der Waals surface area contributed by atoms with Gasteiger partial charge in [0.25, 0.3) is 0 Å². The predicted molar refractivity (Wildman–Crippen MR) is 179 cm³/mol. The Morgan fingerprint density at radius 2 is 1.65 bits per heavy atom. The molecule has 54 heavy (non-hydrogen) atoms. The molecule has 25 nitrogen and oxygen atoms in total. The molecule has 2 amide bonds. The number of amides is 2. The van der Waals surface area contributed by atoms with Gasteiger partial charge in [0.05, 0.1) is 25.5 Å². The fraction of sp³-hybridized carbons (Fsp3) is 0.654. The number of carbonyl (C=O) groups is 4. The molecule has 0 radical (unpaired) electrons. The molecule has 0 aromatic carbocycles. The molecule has 1 saturated heterocycles. The van der Waals surface area contributed by atoms with Crippen molar-refractivity contribution in [1.29, 1.82) is 0 Å². The highest BCUT2D eigenvalue weighted by Crippen LogP contribution is 2.61. The quantitative estimate of drug-likeness (QED) is 0.0515. The van der Waals surface area contributed by atoms with Crippen LogP contribution in [0.2, 0.25) is 0 Å². The average Bonchev–Trinajstić information content (AvgIpc) is 3.62. The molecule has 1 fully saturated rings. The number of hydrogen-bond donors (Lipinski definition) is 9. The number of aliphatic hydroxyl groups excluding tert-OH is 2. The lowest BCUT2D eigenvalue weighted by Crippen LogP contribution is -2.46. The lowest BCUT2D eigenvalue weighted by molar-refractivity contribution is -0.137. The van der Waals surface area contributed by atoms with Gasteiger partial charge in [-0.2, -0.15) is 4.31 Å². The number of aromatic nitrogens is 4. The van der Waals surface area contributed by atoms with E-state index in [1.165, 1.54) is 27.7 Å². The van der Waals surface area contributed by atoms with Crippen LogP contribution < -0.4 is 16.4 Å². The van der Waals surface area contributed by atoms with Crippen molar-refractivity contribution in [2.45, 2.75) is 71.2 Å². The number of nitrogens with zero attached hydrogens (tertiary/aromatic N) is 4. The fourth-order valence-corrected chi connectivity index (χ4v) is 7.54. The number of carbonyl (C=O) groups excluding carboxylic acids is 4. The van der Waals surface area contributed by atoms with E-state index in [0.29, 0.717) is 0 Å². The van der Waals surface area contributed by atoms with E-state index in [9.17, 15) is 62.7 Å². The molecule has 304 valence electrons. The summed E-state index contributed by atoms with van der Waals surface area (Å²) in [6.07, 6.45) is -7.15. The summed E-state index contributed by atoms with van der Waals surface area (Å²) in [6, 6.07) is 0. The Morgan fingerprint density at radius 3 is 2.28 bits per heavy atom. The van der Waals surface area contributed by atoms with Gasteiger partial charge in [0.2, 0.25) is 11.8 Å². The minimum atomic E-state index is -5.58. The van der Waals surface area contributed by atoms with Gasteiger partial charge in [-0.05, 0) is 13.8 Å². The number of aliphatic hydroxyl groups is 2. The molecule has 10 N–H and O–H groups in total. The Morgan fingerprint density at radius 1 is 1.02 bits per heavy atom. The molecule has 1 aliphatic heterocycles. The molecule has 0 saturated carbocycles. The summed E-state index contributed by atoms with van der Waals surface area (Å²) >= 11 is 0. The Bertz CT molecular complexity index is 1840. The van der Waals surface area contributed by atoms with Gasteiger partial charge in [-0.15, -0.1) is 0 Å². The Hall–Kier alpha value is -3.12. The molecule has 0 aliphatic carbocycles. The van der Waals surface area contributed by atoms with Crippen LogP contribution in [-0.4, -0.2) is 123 Å². The lowest BCUT2D eigenvalue weighted by Gasteiger charge is -2.30. The second-order valence-electron chi connectivity index (χ2n) is 12.6. The van der Waals surface area contributed by atoms with Gasteiger partial charge in [0.1, 0.15) is 47.8 Å². The van der Waals surface area contributed by atoms with E-state index in [2.05, 4.69) is 34.4 Å². The number of phosphoric ester groups is 3. The number of nitrogens with one attached hydrogen (secondary N) is 2. The Balaban J connectivity index is 1.52. The molecule has 8 unspecified atom stereocenters. The minimum Gasteiger partial charge on any atom is -0.386 e. The number of Topliss-reactive ketones (excluding diaryl/α,β-unsaturated/α-hetero) is 2. The van der Waals surface area contributed by atoms with Gasteiger partial charge < -0.3 is 50.9 Å². The molecule has 28 heteroatoms. The third-order valence-corrected chi connectivity index (χ3v) is 11.0. The number of anilines is 1. The summed E-state index contributed by atoms with van der Waals surface area (Å²) in [5.74, 6) is -3.07. The zero-order chi connectivity index (χ0) is 40.8. The van der Waals surface area contributed by atoms with Crippen molar-refractivity contribution >= 4 is 63.8 Å². The maximum atomic E-state index is 12.6. The molecule has 3 rings (SSSR count). The molecule has 0 spiro atoms. The third kappa shape index (κ3) is 12.7. The highest BCUT2D eigenvalue weighted by Gasteiger charge is 2.50. The highest BCUT2D eigenvalue weighted by molar-refractivity contribution is 7.61. The molecule has 2 aromatic rings. The van der Waals surface area contributed by atoms with Crippen LogP contribution in [0.4, 0.5) is 5.82 Å². The summed E-state index contributed by atoms with van der Waals surface area (Å²) in [4.78, 5) is 98.4. The van der Waals surface area contributed by atoms with E-state index in [-0.39, 0.29) is 54.5 Å².